The molecule has 0 radical (unpaired) electrons. The molecule has 11 heteroatoms. The highest BCUT2D eigenvalue weighted by Gasteiger charge is 2.47. The Morgan fingerprint density at radius 1 is 0.506 bits per heavy atom. The number of nitrogens with one attached hydrogen (secondary N) is 1. The standard InChI is InChI=1S/C66H113NO10/c1-4-7-10-13-16-19-22-24-26-28-29-30-31-32-34-36-39-42-45-48-51-54-61(71)77-64-63(73)62(72)60(55-68)76-66(64)75-56-57(58(69)52-49-46-43-40-37-21-18-15-12-9-6-3)67-65(74)59(70)53-50-47-44-41-38-35-33-27-25-23-20-17-14-11-8-5-2/h16-17,19-20,24-27,29-30,32,34-35,38,49,52,57-60,62-64,66,68-70,72-73H,4-15,18,21-23,28,31,33,36-37,39-48,50-51,53-56H2,1-3H3,(H,67,74)/b19-16-,20-17-,26-24-,27-25-,30-29-,34-32-,38-35-,52-49+. The summed E-state index contributed by atoms with van der Waals surface area (Å²) in [7, 11) is 0. The molecule has 0 bridgehead atoms. The van der Waals surface area contributed by atoms with Crippen LogP contribution in [0.4, 0.5) is 0 Å². The highest BCUT2D eigenvalue weighted by Crippen LogP contribution is 2.26. The lowest BCUT2D eigenvalue weighted by atomic mass is 9.99. The summed E-state index contributed by atoms with van der Waals surface area (Å²) in [6.07, 6.45) is 60.1. The van der Waals surface area contributed by atoms with E-state index in [0.717, 1.165) is 116 Å². The third-order valence-corrected chi connectivity index (χ3v) is 14.0. The van der Waals surface area contributed by atoms with Gasteiger partial charge in [0.15, 0.2) is 12.4 Å². The lowest BCUT2D eigenvalue weighted by Gasteiger charge is -2.41. The van der Waals surface area contributed by atoms with Gasteiger partial charge < -0.3 is 45.1 Å². The number of aliphatic hydroxyl groups excluding tert-OH is 5. The third-order valence-electron chi connectivity index (χ3n) is 14.0. The number of allylic oxidation sites excluding steroid dienone is 15. The van der Waals surface area contributed by atoms with Crippen LogP contribution in [0.25, 0.3) is 0 Å². The van der Waals surface area contributed by atoms with E-state index in [9.17, 15) is 35.1 Å². The molecule has 0 saturated carbocycles. The van der Waals surface area contributed by atoms with E-state index in [-0.39, 0.29) is 19.4 Å². The van der Waals surface area contributed by atoms with Crippen molar-refractivity contribution in [2.45, 2.75) is 294 Å². The molecule has 1 amide bonds. The van der Waals surface area contributed by atoms with Gasteiger partial charge in [0.1, 0.15) is 24.4 Å². The molecule has 0 aromatic heterocycles. The smallest absolute Gasteiger partial charge is 0.306 e. The van der Waals surface area contributed by atoms with E-state index >= 15 is 0 Å². The first-order valence-electron chi connectivity index (χ1n) is 31.0. The van der Waals surface area contributed by atoms with Crippen LogP contribution in [0.3, 0.4) is 0 Å². The summed E-state index contributed by atoms with van der Waals surface area (Å²) in [6, 6.07) is -1.04. The van der Waals surface area contributed by atoms with Crippen molar-refractivity contribution in [3.63, 3.8) is 0 Å². The summed E-state index contributed by atoms with van der Waals surface area (Å²) >= 11 is 0. The molecule has 77 heavy (non-hydrogen) atoms. The first kappa shape index (κ1) is 71.6. The first-order chi connectivity index (χ1) is 37.7. The van der Waals surface area contributed by atoms with E-state index in [1.165, 1.54) is 83.5 Å². The van der Waals surface area contributed by atoms with Crippen LogP contribution in [0.1, 0.15) is 245 Å². The molecular weight excluding hydrogens is 967 g/mol. The minimum absolute atomic E-state index is 0.0948. The van der Waals surface area contributed by atoms with Crippen LogP contribution in [0.2, 0.25) is 0 Å². The maximum absolute atomic E-state index is 13.4. The Labute approximate surface area is 469 Å². The van der Waals surface area contributed by atoms with Gasteiger partial charge in [0.25, 0.3) is 0 Å². The predicted molar refractivity (Wildman–Crippen MR) is 319 cm³/mol. The fourth-order valence-electron chi connectivity index (χ4n) is 8.99. The van der Waals surface area contributed by atoms with Crippen LogP contribution in [0, 0.1) is 0 Å². The molecule has 1 aliphatic heterocycles. The number of carbonyl (C=O) groups excluding carboxylic acids is 2. The highest BCUT2D eigenvalue weighted by atomic mass is 16.7. The number of aliphatic hydroxyl groups is 5. The Balaban J connectivity index is 2.70. The molecule has 0 aliphatic carbocycles. The number of amides is 1. The average Bonchev–Trinajstić information content (AvgIpc) is 3.43. The zero-order chi connectivity index (χ0) is 56.1. The van der Waals surface area contributed by atoms with Crippen LogP contribution < -0.4 is 5.32 Å². The number of unbranched alkanes of at least 4 members (excludes halogenated alkanes) is 23. The fourth-order valence-corrected chi connectivity index (χ4v) is 8.99. The van der Waals surface area contributed by atoms with Crippen molar-refractivity contribution in [1.29, 1.82) is 0 Å². The summed E-state index contributed by atoms with van der Waals surface area (Å²) in [5, 5.41) is 56.9. The molecule has 1 fully saturated rings. The van der Waals surface area contributed by atoms with Crippen molar-refractivity contribution in [3.8, 4) is 0 Å². The van der Waals surface area contributed by atoms with Crippen molar-refractivity contribution in [3.05, 3.63) is 97.2 Å². The number of rotatable bonds is 51. The topological polar surface area (TPSA) is 175 Å². The molecule has 442 valence electrons. The summed E-state index contributed by atoms with van der Waals surface area (Å²) in [5.41, 5.74) is 0. The zero-order valence-electron chi connectivity index (χ0n) is 48.8. The van der Waals surface area contributed by atoms with Gasteiger partial charge in [-0.1, -0.05) is 227 Å². The zero-order valence-corrected chi connectivity index (χ0v) is 48.8. The minimum atomic E-state index is -1.63. The molecule has 1 aliphatic rings. The maximum atomic E-state index is 13.4. The Morgan fingerprint density at radius 2 is 0.896 bits per heavy atom. The van der Waals surface area contributed by atoms with Crippen molar-refractivity contribution in [2.75, 3.05) is 13.2 Å². The molecular formula is C66H113NO10. The van der Waals surface area contributed by atoms with Gasteiger partial charge in [-0.15, -0.1) is 0 Å². The molecule has 8 atom stereocenters. The molecule has 0 aromatic carbocycles. The molecule has 11 nitrogen and oxygen atoms in total. The second-order valence-electron chi connectivity index (χ2n) is 21.1. The Morgan fingerprint density at radius 3 is 1.36 bits per heavy atom. The molecule has 6 N–H and O–H groups in total. The normalized spacial score (nSPS) is 19.7. The second kappa shape index (κ2) is 53.2. The van der Waals surface area contributed by atoms with E-state index in [0.29, 0.717) is 12.8 Å². The number of hydrogen-bond donors (Lipinski definition) is 6. The molecule has 1 rings (SSSR count). The lowest BCUT2D eigenvalue weighted by Crippen LogP contribution is -2.61. The number of esters is 1. The number of carbonyl (C=O) groups is 2. The maximum Gasteiger partial charge on any atom is 0.306 e. The van der Waals surface area contributed by atoms with Gasteiger partial charge in [0.05, 0.1) is 25.4 Å². The van der Waals surface area contributed by atoms with Crippen molar-refractivity contribution in [1.82, 2.24) is 5.32 Å². The van der Waals surface area contributed by atoms with Gasteiger partial charge in [-0.3, -0.25) is 9.59 Å². The Hall–Kier alpha value is -3.42. The summed E-state index contributed by atoms with van der Waals surface area (Å²) in [4.78, 5) is 26.5. The van der Waals surface area contributed by atoms with E-state index in [4.69, 9.17) is 14.2 Å². The molecule has 0 spiro atoms. The number of ether oxygens (including phenoxy) is 3. The summed E-state index contributed by atoms with van der Waals surface area (Å²) in [5.74, 6) is -1.24. The van der Waals surface area contributed by atoms with Crippen LogP contribution in [-0.4, -0.2) is 99.6 Å². The highest BCUT2D eigenvalue weighted by molar-refractivity contribution is 5.80. The van der Waals surface area contributed by atoms with Gasteiger partial charge in [-0.05, 0) is 109 Å². The molecule has 1 saturated heterocycles. The number of hydrogen-bond acceptors (Lipinski definition) is 10. The van der Waals surface area contributed by atoms with Crippen LogP contribution in [0.15, 0.2) is 97.2 Å². The second-order valence-corrected chi connectivity index (χ2v) is 21.1. The fraction of sp³-hybridized carbons (Fsp3) is 0.727. The molecule has 8 unspecified atom stereocenters. The summed E-state index contributed by atoms with van der Waals surface area (Å²) < 4.78 is 17.6. The first-order valence-corrected chi connectivity index (χ1v) is 31.0. The SMILES string of the molecule is CCCCC/C=C\C/C=C\C/C=C\C/C=C\CCCCCCCC(=O)OC1C(OCC(NC(=O)C(O)CCCCC/C=C\C/C=C\C/C=C\CCCCC)C(O)/C=C/CCCCCCCCCCC)OC(CO)C(O)C1O. The van der Waals surface area contributed by atoms with Gasteiger partial charge in [-0.25, -0.2) is 0 Å². The van der Waals surface area contributed by atoms with Gasteiger partial charge >= 0.3 is 5.97 Å². The average molecular weight is 1080 g/mol. The van der Waals surface area contributed by atoms with Crippen molar-refractivity contribution >= 4 is 11.9 Å². The van der Waals surface area contributed by atoms with E-state index in [1.807, 2.05) is 6.08 Å². The van der Waals surface area contributed by atoms with Gasteiger partial charge in [0.2, 0.25) is 5.91 Å². The van der Waals surface area contributed by atoms with Crippen LogP contribution >= 0.6 is 0 Å². The van der Waals surface area contributed by atoms with Crippen molar-refractivity contribution < 1.29 is 49.3 Å². The van der Waals surface area contributed by atoms with E-state index < -0.39 is 67.4 Å². The monoisotopic (exact) mass is 1080 g/mol. The van der Waals surface area contributed by atoms with Gasteiger partial charge in [-0.2, -0.15) is 0 Å². The Kier molecular flexibility index (Phi) is 49.5. The van der Waals surface area contributed by atoms with Crippen LogP contribution in [-0.2, 0) is 23.8 Å². The van der Waals surface area contributed by atoms with E-state index in [1.54, 1.807) is 6.08 Å². The Bertz CT molecular complexity index is 1620. The van der Waals surface area contributed by atoms with Gasteiger partial charge in [0, 0.05) is 6.42 Å². The van der Waals surface area contributed by atoms with E-state index in [2.05, 4.69) is 111 Å². The van der Waals surface area contributed by atoms with Crippen LogP contribution in [0.5, 0.6) is 0 Å². The summed E-state index contributed by atoms with van der Waals surface area (Å²) in [6.45, 7) is 5.69. The largest absolute Gasteiger partial charge is 0.454 e. The minimum Gasteiger partial charge on any atom is -0.454 e. The lowest BCUT2D eigenvalue weighted by molar-refractivity contribution is -0.305. The van der Waals surface area contributed by atoms with Crippen molar-refractivity contribution in [2.24, 2.45) is 0 Å². The molecule has 1 heterocycles. The predicted octanol–water partition coefficient (Wildman–Crippen LogP) is 14.7. The third kappa shape index (κ3) is 41.3. The quantitative estimate of drug-likeness (QED) is 0.0195. The molecule has 0 aromatic rings.